The van der Waals surface area contributed by atoms with Gasteiger partial charge < -0.3 is 5.73 Å². The lowest BCUT2D eigenvalue weighted by atomic mass is 9.88. The van der Waals surface area contributed by atoms with Crippen molar-refractivity contribution in [2.24, 2.45) is 11.7 Å². The molecule has 94 valence electrons. The SMILES string of the molecule is CCc1ccc(CC)c2c1CCC(C)CC2N. The summed E-state index contributed by atoms with van der Waals surface area (Å²) in [6.45, 7) is 6.83. The second-order valence-electron chi connectivity index (χ2n) is 5.47. The maximum Gasteiger partial charge on any atom is 0.0302 e. The number of hydrogen-bond donors (Lipinski definition) is 1. The predicted molar refractivity (Wildman–Crippen MR) is 74.2 cm³/mol. The zero-order valence-electron chi connectivity index (χ0n) is 11.4. The molecule has 0 aliphatic heterocycles. The quantitative estimate of drug-likeness (QED) is 0.770. The van der Waals surface area contributed by atoms with E-state index in [1.807, 2.05) is 0 Å². The van der Waals surface area contributed by atoms with E-state index in [1.165, 1.54) is 29.5 Å². The average Bonchev–Trinajstić information content (AvgIpc) is 2.48. The molecule has 0 saturated carbocycles. The van der Waals surface area contributed by atoms with Crippen LogP contribution in [0.3, 0.4) is 0 Å². The highest BCUT2D eigenvalue weighted by molar-refractivity contribution is 5.44. The van der Waals surface area contributed by atoms with Crippen molar-refractivity contribution in [1.82, 2.24) is 0 Å². The highest BCUT2D eigenvalue weighted by atomic mass is 14.6. The van der Waals surface area contributed by atoms with E-state index in [-0.39, 0.29) is 6.04 Å². The van der Waals surface area contributed by atoms with E-state index >= 15 is 0 Å². The minimum Gasteiger partial charge on any atom is -0.324 e. The van der Waals surface area contributed by atoms with Gasteiger partial charge in [0, 0.05) is 6.04 Å². The van der Waals surface area contributed by atoms with Crippen LogP contribution in [0, 0.1) is 5.92 Å². The predicted octanol–water partition coefficient (Wildman–Crippen LogP) is 3.78. The first-order valence-corrected chi connectivity index (χ1v) is 7.06. The Bertz CT molecular complexity index is 395. The van der Waals surface area contributed by atoms with Gasteiger partial charge in [-0.1, -0.05) is 32.9 Å². The standard InChI is InChI=1S/C16H25N/c1-4-12-7-8-13(5-2)16-14(12)9-6-11(3)10-15(16)17/h7-8,11,15H,4-6,9-10,17H2,1-3H3. The highest BCUT2D eigenvalue weighted by Crippen LogP contribution is 2.34. The summed E-state index contributed by atoms with van der Waals surface area (Å²) in [5.41, 5.74) is 12.5. The number of fused-ring (bicyclic) bond motifs is 1. The van der Waals surface area contributed by atoms with Crippen LogP contribution >= 0.6 is 0 Å². The Morgan fingerprint density at radius 3 is 2.47 bits per heavy atom. The molecule has 2 rings (SSSR count). The Balaban J connectivity index is 2.54. The van der Waals surface area contributed by atoms with Crippen molar-refractivity contribution < 1.29 is 0 Å². The molecule has 0 fully saturated rings. The summed E-state index contributed by atoms with van der Waals surface area (Å²) in [4.78, 5) is 0. The molecular weight excluding hydrogens is 206 g/mol. The van der Waals surface area contributed by atoms with Gasteiger partial charge in [0.1, 0.15) is 0 Å². The molecule has 1 heteroatoms. The maximum atomic E-state index is 6.44. The van der Waals surface area contributed by atoms with Gasteiger partial charge in [-0.2, -0.15) is 0 Å². The summed E-state index contributed by atoms with van der Waals surface area (Å²) in [5.74, 6) is 0.756. The number of aryl methyl sites for hydroxylation is 2. The van der Waals surface area contributed by atoms with Crippen molar-refractivity contribution in [3.8, 4) is 0 Å². The zero-order chi connectivity index (χ0) is 12.4. The highest BCUT2D eigenvalue weighted by Gasteiger charge is 2.23. The second kappa shape index (κ2) is 5.22. The third-order valence-electron chi connectivity index (χ3n) is 4.22. The molecule has 0 saturated heterocycles. The van der Waals surface area contributed by atoms with Gasteiger partial charge in [-0.3, -0.25) is 0 Å². The molecule has 2 atom stereocenters. The lowest BCUT2D eigenvalue weighted by Gasteiger charge is -2.20. The molecule has 0 heterocycles. The fraction of sp³-hybridized carbons (Fsp3) is 0.625. The van der Waals surface area contributed by atoms with Crippen LogP contribution in [-0.4, -0.2) is 0 Å². The molecule has 2 N–H and O–H groups in total. The molecule has 1 aromatic carbocycles. The Labute approximate surface area is 105 Å². The van der Waals surface area contributed by atoms with Gasteiger partial charge in [0.25, 0.3) is 0 Å². The minimum absolute atomic E-state index is 0.254. The Kier molecular flexibility index (Phi) is 3.88. The summed E-state index contributed by atoms with van der Waals surface area (Å²) < 4.78 is 0. The lowest BCUT2D eigenvalue weighted by Crippen LogP contribution is -2.15. The summed E-state index contributed by atoms with van der Waals surface area (Å²) in [6.07, 6.45) is 5.90. The van der Waals surface area contributed by atoms with E-state index in [0.717, 1.165) is 25.2 Å². The molecule has 1 aromatic rings. The van der Waals surface area contributed by atoms with Gasteiger partial charge in [0.15, 0.2) is 0 Å². The summed E-state index contributed by atoms with van der Waals surface area (Å²) in [7, 11) is 0. The van der Waals surface area contributed by atoms with Gasteiger partial charge in [0.2, 0.25) is 0 Å². The number of hydrogen-bond acceptors (Lipinski definition) is 1. The smallest absolute Gasteiger partial charge is 0.0302 e. The minimum atomic E-state index is 0.254. The van der Waals surface area contributed by atoms with Crippen LogP contribution < -0.4 is 5.73 Å². The van der Waals surface area contributed by atoms with E-state index in [0.29, 0.717) is 0 Å². The average molecular weight is 231 g/mol. The molecule has 17 heavy (non-hydrogen) atoms. The van der Waals surface area contributed by atoms with E-state index in [9.17, 15) is 0 Å². The molecule has 1 aliphatic rings. The fourth-order valence-corrected chi connectivity index (χ4v) is 3.21. The molecule has 1 nitrogen and oxygen atoms in total. The molecule has 1 aliphatic carbocycles. The third-order valence-corrected chi connectivity index (χ3v) is 4.22. The number of benzene rings is 1. The largest absolute Gasteiger partial charge is 0.324 e. The Hall–Kier alpha value is -0.820. The summed E-state index contributed by atoms with van der Waals surface area (Å²) in [5, 5.41) is 0. The van der Waals surface area contributed by atoms with E-state index in [4.69, 9.17) is 5.73 Å². The molecule has 0 radical (unpaired) electrons. The summed E-state index contributed by atoms with van der Waals surface area (Å²) in [6, 6.07) is 4.87. The van der Waals surface area contributed by atoms with Crippen LogP contribution in [0.25, 0.3) is 0 Å². The molecular formula is C16H25N. The first-order valence-electron chi connectivity index (χ1n) is 7.06. The summed E-state index contributed by atoms with van der Waals surface area (Å²) >= 11 is 0. The fourth-order valence-electron chi connectivity index (χ4n) is 3.21. The van der Waals surface area contributed by atoms with Crippen LogP contribution in [-0.2, 0) is 19.3 Å². The van der Waals surface area contributed by atoms with Crippen LogP contribution in [0.15, 0.2) is 12.1 Å². The molecule has 0 aromatic heterocycles. The second-order valence-corrected chi connectivity index (χ2v) is 5.47. The Morgan fingerprint density at radius 2 is 1.82 bits per heavy atom. The topological polar surface area (TPSA) is 26.0 Å². The van der Waals surface area contributed by atoms with Crippen molar-refractivity contribution in [2.45, 2.75) is 58.9 Å². The van der Waals surface area contributed by atoms with Gasteiger partial charge in [-0.05, 0) is 60.3 Å². The van der Waals surface area contributed by atoms with Gasteiger partial charge in [0.05, 0.1) is 0 Å². The van der Waals surface area contributed by atoms with Gasteiger partial charge in [-0.15, -0.1) is 0 Å². The van der Waals surface area contributed by atoms with Crippen LogP contribution in [0.5, 0.6) is 0 Å². The number of nitrogens with two attached hydrogens (primary N) is 1. The van der Waals surface area contributed by atoms with Crippen molar-refractivity contribution in [3.63, 3.8) is 0 Å². The normalized spacial score (nSPS) is 24.2. The van der Waals surface area contributed by atoms with Crippen molar-refractivity contribution in [3.05, 3.63) is 34.4 Å². The monoisotopic (exact) mass is 231 g/mol. The van der Waals surface area contributed by atoms with Crippen LogP contribution in [0.1, 0.15) is 61.9 Å². The van der Waals surface area contributed by atoms with Crippen molar-refractivity contribution in [2.75, 3.05) is 0 Å². The van der Waals surface area contributed by atoms with E-state index in [1.54, 1.807) is 5.56 Å². The zero-order valence-corrected chi connectivity index (χ0v) is 11.4. The van der Waals surface area contributed by atoms with Gasteiger partial charge >= 0.3 is 0 Å². The van der Waals surface area contributed by atoms with Crippen molar-refractivity contribution >= 4 is 0 Å². The molecule has 0 bridgehead atoms. The van der Waals surface area contributed by atoms with Crippen LogP contribution in [0.4, 0.5) is 0 Å². The maximum absolute atomic E-state index is 6.44. The van der Waals surface area contributed by atoms with E-state index < -0.39 is 0 Å². The first-order chi connectivity index (χ1) is 8.17. The first kappa shape index (κ1) is 12.6. The van der Waals surface area contributed by atoms with Gasteiger partial charge in [-0.25, -0.2) is 0 Å². The number of rotatable bonds is 2. The third kappa shape index (κ3) is 2.40. The molecule has 0 spiro atoms. The molecule has 0 amide bonds. The molecule has 2 unspecified atom stereocenters. The van der Waals surface area contributed by atoms with Crippen molar-refractivity contribution in [1.29, 1.82) is 0 Å². The van der Waals surface area contributed by atoms with Crippen LogP contribution in [0.2, 0.25) is 0 Å². The lowest BCUT2D eigenvalue weighted by molar-refractivity contribution is 0.463. The Morgan fingerprint density at radius 1 is 1.18 bits per heavy atom. The van der Waals surface area contributed by atoms with E-state index in [2.05, 4.69) is 32.9 Å².